The molecule has 1 aliphatic rings. The number of pyridine rings is 1. The minimum absolute atomic E-state index is 0.0394. The first-order chi connectivity index (χ1) is 9.38. The Morgan fingerprint density at radius 3 is 2.80 bits per heavy atom. The Balaban J connectivity index is 2.18. The fourth-order valence-corrected chi connectivity index (χ4v) is 3.16. The molecule has 0 saturated heterocycles. The lowest BCUT2D eigenvalue weighted by atomic mass is 10.2. The van der Waals surface area contributed by atoms with Gasteiger partial charge in [0.1, 0.15) is 4.90 Å². The Morgan fingerprint density at radius 2 is 2.20 bits per heavy atom. The SMILES string of the molecule is CC(NS(=O)(=O)c1cncc(C=CC(=O)O)c1)C1CC1. The van der Waals surface area contributed by atoms with E-state index in [1.54, 1.807) is 0 Å². The van der Waals surface area contributed by atoms with Crippen molar-refractivity contribution in [2.45, 2.75) is 30.7 Å². The number of nitrogens with one attached hydrogen (secondary N) is 1. The van der Waals surface area contributed by atoms with E-state index in [2.05, 4.69) is 9.71 Å². The maximum absolute atomic E-state index is 12.2. The number of aliphatic carboxylic acids is 1. The summed E-state index contributed by atoms with van der Waals surface area (Å²) in [5.74, 6) is -0.688. The number of rotatable bonds is 6. The third kappa shape index (κ3) is 3.88. The first kappa shape index (κ1) is 14.7. The van der Waals surface area contributed by atoms with Crippen LogP contribution in [0.1, 0.15) is 25.3 Å². The quantitative estimate of drug-likeness (QED) is 0.770. The molecule has 1 saturated carbocycles. The average molecular weight is 296 g/mol. The molecule has 1 atom stereocenters. The number of hydrogen-bond donors (Lipinski definition) is 2. The number of carboxylic acids is 1. The highest BCUT2D eigenvalue weighted by molar-refractivity contribution is 7.89. The van der Waals surface area contributed by atoms with Crippen LogP contribution in [0.15, 0.2) is 29.4 Å². The predicted molar refractivity (Wildman–Crippen MR) is 73.4 cm³/mol. The van der Waals surface area contributed by atoms with E-state index in [1.807, 2.05) is 6.92 Å². The molecule has 6 nitrogen and oxygen atoms in total. The minimum Gasteiger partial charge on any atom is -0.478 e. The van der Waals surface area contributed by atoms with Crippen molar-refractivity contribution < 1.29 is 18.3 Å². The molecule has 0 bridgehead atoms. The number of hydrogen-bond acceptors (Lipinski definition) is 4. The zero-order valence-corrected chi connectivity index (χ0v) is 11.8. The summed E-state index contributed by atoms with van der Waals surface area (Å²) in [6, 6.07) is 1.30. The third-order valence-electron chi connectivity index (χ3n) is 3.13. The van der Waals surface area contributed by atoms with Gasteiger partial charge in [0.25, 0.3) is 0 Å². The smallest absolute Gasteiger partial charge is 0.328 e. The van der Waals surface area contributed by atoms with Gasteiger partial charge in [-0.1, -0.05) is 0 Å². The van der Waals surface area contributed by atoms with E-state index in [9.17, 15) is 13.2 Å². The summed E-state index contributed by atoms with van der Waals surface area (Å²) in [5, 5.41) is 8.55. The third-order valence-corrected chi connectivity index (χ3v) is 4.66. The fourth-order valence-electron chi connectivity index (χ4n) is 1.85. The van der Waals surface area contributed by atoms with E-state index >= 15 is 0 Å². The largest absolute Gasteiger partial charge is 0.478 e. The highest BCUT2D eigenvalue weighted by atomic mass is 32.2. The molecule has 108 valence electrons. The lowest BCUT2D eigenvalue weighted by Crippen LogP contribution is -2.34. The van der Waals surface area contributed by atoms with Crippen molar-refractivity contribution in [3.63, 3.8) is 0 Å². The summed E-state index contributed by atoms with van der Waals surface area (Å²) in [7, 11) is -3.62. The van der Waals surface area contributed by atoms with Gasteiger partial charge in [-0.3, -0.25) is 4.98 Å². The van der Waals surface area contributed by atoms with Crippen molar-refractivity contribution >= 4 is 22.1 Å². The maximum atomic E-state index is 12.2. The molecule has 1 aliphatic carbocycles. The molecule has 2 N–H and O–H groups in total. The molecule has 7 heteroatoms. The van der Waals surface area contributed by atoms with Crippen LogP contribution in [-0.4, -0.2) is 30.5 Å². The van der Waals surface area contributed by atoms with Gasteiger partial charge in [0.2, 0.25) is 10.0 Å². The second-order valence-electron chi connectivity index (χ2n) is 4.87. The second kappa shape index (κ2) is 5.72. The van der Waals surface area contributed by atoms with E-state index in [1.165, 1.54) is 24.5 Å². The summed E-state index contributed by atoms with van der Waals surface area (Å²) in [6.07, 6.45) is 6.99. The summed E-state index contributed by atoms with van der Waals surface area (Å²) in [4.78, 5) is 14.3. The van der Waals surface area contributed by atoms with Crippen LogP contribution in [0.4, 0.5) is 0 Å². The van der Waals surface area contributed by atoms with Crippen LogP contribution < -0.4 is 4.72 Å². The van der Waals surface area contributed by atoms with Crippen molar-refractivity contribution in [1.82, 2.24) is 9.71 Å². The Labute approximate surface area is 117 Å². The van der Waals surface area contributed by atoms with Gasteiger partial charge in [-0.25, -0.2) is 17.9 Å². The highest BCUT2D eigenvalue weighted by Crippen LogP contribution is 2.33. The molecule has 0 amide bonds. The van der Waals surface area contributed by atoms with Crippen molar-refractivity contribution in [2.24, 2.45) is 5.92 Å². The van der Waals surface area contributed by atoms with Gasteiger partial charge in [-0.15, -0.1) is 0 Å². The number of sulfonamides is 1. The summed E-state index contributed by atoms with van der Waals surface area (Å²) >= 11 is 0. The first-order valence-electron chi connectivity index (χ1n) is 6.27. The van der Waals surface area contributed by atoms with Crippen molar-refractivity contribution in [1.29, 1.82) is 0 Å². The molecule has 0 aliphatic heterocycles. The normalized spacial score (nSPS) is 17.2. The Kier molecular flexibility index (Phi) is 4.20. The highest BCUT2D eigenvalue weighted by Gasteiger charge is 2.31. The Bertz CT molecular complexity index is 636. The molecule has 2 rings (SSSR count). The van der Waals surface area contributed by atoms with Gasteiger partial charge in [0.15, 0.2) is 0 Å². The Morgan fingerprint density at radius 1 is 1.50 bits per heavy atom. The van der Waals surface area contributed by atoms with Crippen LogP contribution in [0.2, 0.25) is 0 Å². The van der Waals surface area contributed by atoms with Crippen molar-refractivity contribution in [2.75, 3.05) is 0 Å². The van der Waals surface area contributed by atoms with Crippen molar-refractivity contribution in [3.8, 4) is 0 Å². The topological polar surface area (TPSA) is 96.4 Å². The lowest BCUT2D eigenvalue weighted by Gasteiger charge is -2.13. The van der Waals surface area contributed by atoms with Gasteiger partial charge >= 0.3 is 5.97 Å². The molecule has 20 heavy (non-hydrogen) atoms. The molecule has 0 spiro atoms. The van der Waals surface area contributed by atoms with Crippen LogP contribution >= 0.6 is 0 Å². The second-order valence-corrected chi connectivity index (χ2v) is 6.59. The number of carbonyl (C=O) groups is 1. The summed E-state index contributed by atoms with van der Waals surface area (Å²) in [5.41, 5.74) is 0.425. The van der Waals surface area contributed by atoms with Crippen LogP contribution in [0.5, 0.6) is 0 Å². The number of nitrogens with zero attached hydrogens (tertiary/aromatic N) is 1. The molecule has 1 fully saturated rings. The van der Waals surface area contributed by atoms with Crippen LogP contribution in [0, 0.1) is 5.92 Å². The van der Waals surface area contributed by atoms with Gasteiger partial charge in [-0.2, -0.15) is 0 Å². The molecule has 1 unspecified atom stereocenters. The Hall–Kier alpha value is -1.73. The fraction of sp³-hybridized carbons (Fsp3) is 0.385. The maximum Gasteiger partial charge on any atom is 0.328 e. The average Bonchev–Trinajstić information content (AvgIpc) is 3.20. The van der Waals surface area contributed by atoms with E-state index in [-0.39, 0.29) is 10.9 Å². The van der Waals surface area contributed by atoms with E-state index in [0.29, 0.717) is 11.5 Å². The minimum atomic E-state index is -3.62. The van der Waals surface area contributed by atoms with Crippen LogP contribution in [-0.2, 0) is 14.8 Å². The molecular formula is C13H16N2O4S. The van der Waals surface area contributed by atoms with E-state index in [4.69, 9.17) is 5.11 Å². The molecule has 0 aromatic carbocycles. The van der Waals surface area contributed by atoms with Crippen LogP contribution in [0.25, 0.3) is 6.08 Å². The molecule has 1 aromatic rings. The standard InChI is InChI=1S/C13H16N2O4S/c1-9(11-3-4-11)15-20(18,19)12-6-10(7-14-8-12)2-5-13(16)17/h2,5-9,11,15H,3-4H2,1H3,(H,16,17). The molecular weight excluding hydrogens is 280 g/mol. The lowest BCUT2D eigenvalue weighted by molar-refractivity contribution is -0.131. The van der Waals surface area contributed by atoms with Crippen molar-refractivity contribution in [3.05, 3.63) is 30.1 Å². The predicted octanol–water partition coefficient (Wildman–Crippen LogP) is 1.26. The summed E-state index contributed by atoms with van der Waals surface area (Å²) in [6.45, 7) is 1.84. The van der Waals surface area contributed by atoms with Gasteiger partial charge in [0, 0.05) is 24.5 Å². The molecule has 1 heterocycles. The summed E-state index contributed by atoms with van der Waals surface area (Å²) < 4.78 is 27.0. The van der Waals surface area contributed by atoms with E-state index in [0.717, 1.165) is 18.9 Å². The molecule has 0 radical (unpaired) electrons. The zero-order valence-electron chi connectivity index (χ0n) is 11.0. The number of aromatic nitrogens is 1. The first-order valence-corrected chi connectivity index (χ1v) is 7.75. The zero-order chi connectivity index (χ0) is 14.8. The van der Waals surface area contributed by atoms with Gasteiger partial charge in [0.05, 0.1) is 0 Å². The van der Waals surface area contributed by atoms with Gasteiger partial charge < -0.3 is 5.11 Å². The van der Waals surface area contributed by atoms with Gasteiger partial charge in [-0.05, 0) is 43.4 Å². The van der Waals surface area contributed by atoms with Crippen LogP contribution in [0.3, 0.4) is 0 Å². The monoisotopic (exact) mass is 296 g/mol. The number of carboxylic acid groups (broad SMARTS) is 1. The van der Waals surface area contributed by atoms with E-state index < -0.39 is 16.0 Å². The molecule has 1 aromatic heterocycles.